The summed E-state index contributed by atoms with van der Waals surface area (Å²) in [6.07, 6.45) is 4.29. The third-order valence-corrected chi connectivity index (χ3v) is 8.19. The number of hydrogen-bond acceptors (Lipinski definition) is 5. The highest BCUT2D eigenvalue weighted by Gasteiger charge is 2.51. The van der Waals surface area contributed by atoms with Crippen molar-refractivity contribution in [2.24, 2.45) is 11.7 Å². The molecule has 0 aromatic heterocycles. The third kappa shape index (κ3) is 6.45. The number of sulfone groups is 1. The summed E-state index contributed by atoms with van der Waals surface area (Å²) in [5, 5.41) is 2.90. The Morgan fingerprint density at radius 1 is 1.08 bits per heavy atom. The Hall–Kier alpha value is -3.04. The van der Waals surface area contributed by atoms with Gasteiger partial charge in [-0.3, -0.25) is 9.59 Å². The van der Waals surface area contributed by atoms with Gasteiger partial charge in [0.25, 0.3) is 5.91 Å². The van der Waals surface area contributed by atoms with Crippen molar-refractivity contribution in [1.82, 2.24) is 5.32 Å². The summed E-state index contributed by atoms with van der Waals surface area (Å²) >= 11 is 0. The lowest BCUT2D eigenvalue weighted by Crippen LogP contribution is -2.53. The highest BCUT2D eigenvalue weighted by Crippen LogP contribution is 2.35. The molecule has 0 radical (unpaired) electrons. The maximum Gasteiger partial charge on any atom is 0.289 e. The van der Waals surface area contributed by atoms with E-state index in [4.69, 9.17) is 10.5 Å². The molecule has 4 rings (SSSR count). The number of primary amides is 1. The van der Waals surface area contributed by atoms with Gasteiger partial charge in [0.1, 0.15) is 6.04 Å². The second kappa shape index (κ2) is 10.4. The van der Waals surface area contributed by atoms with Gasteiger partial charge in [0.15, 0.2) is 15.5 Å². The maximum atomic E-state index is 13.3. The molecule has 2 aromatic rings. The van der Waals surface area contributed by atoms with E-state index in [1.54, 1.807) is 24.3 Å². The van der Waals surface area contributed by atoms with Crippen LogP contribution < -0.4 is 11.1 Å². The van der Waals surface area contributed by atoms with Gasteiger partial charge < -0.3 is 15.8 Å². The molecule has 8 nitrogen and oxygen atoms in total. The summed E-state index contributed by atoms with van der Waals surface area (Å²) in [5.41, 5.74) is 9.26. The number of nitrogens with two attached hydrogens (primary N) is 1. The molecule has 3 atom stereocenters. The zero-order chi connectivity index (χ0) is 27.0. The van der Waals surface area contributed by atoms with Crippen LogP contribution >= 0.6 is 0 Å². The molecule has 198 valence electrons. The van der Waals surface area contributed by atoms with Crippen LogP contribution in [-0.2, 0) is 30.6 Å². The molecule has 2 amide bonds. The fourth-order valence-electron chi connectivity index (χ4n) is 5.07. The van der Waals surface area contributed by atoms with Crippen LogP contribution in [0.1, 0.15) is 45.6 Å². The number of fused-ring (bicyclic) bond motifs is 2. The van der Waals surface area contributed by atoms with Crippen molar-refractivity contribution in [1.29, 1.82) is 0 Å². The number of rotatable bonds is 9. The summed E-state index contributed by atoms with van der Waals surface area (Å²) < 4.78 is 31.4. The van der Waals surface area contributed by atoms with Gasteiger partial charge in [0, 0.05) is 31.4 Å². The number of benzene rings is 2. The SMILES string of the molecule is CC(C)(C)OC[N+]1=C2CC[C@@H](C2)[C@H]1C(=O)NC(Cc1ccc(-c2ccc(S(C)(=O)=O)cc2)cc1)C(N)=O. The van der Waals surface area contributed by atoms with Crippen LogP contribution in [0.15, 0.2) is 53.4 Å². The van der Waals surface area contributed by atoms with E-state index in [9.17, 15) is 18.0 Å². The Balaban J connectivity index is 1.43. The van der Waals surface area contributed by atoms with Crippen molar-refractivity contribution in [2.45, 2.75) is 69.0 Å². The summed E-state index contributed by atoms with van der Waals surface area (Å²) in [5.74, 6) is -0.550. The minimum atomic E-state index is -3.25. The Morgan fingerprint density at radius 3 is 2.22 bits per heavy atom. The number of amides is 2. The summed E-state index contributed by atoms with van der Waals surface area (Å²) in [7, 11) is -3.25. The van der Waals surface area contributed by atoms with Crippen LogP contribution in [0, 0.1) is 5.92 Å². The van der Waals surface area contributed by atoms with Crippen molar-refractivity contribution >= 4 is 27.4 Å². The normalized spacial score (nSPS) is 20.2. The quantitative estimate of drug-likeness (QED) is 0.487. The lowest BCUT2D eigenvalue weighted by atomic mass is 9.97. The van der Waals surface area contributed by atoms with Gasteiger partial charge in [0.05, 0.1) is 10.5 Å². The largest absolute Gasteiger partial charge is 0.368 e. The third-order valence-electron chi connectivity index (χ3n) is 7.06. The molecule has 1 fully saturated rings. The highest BCUT2D eigenvalue weighted by atomic mass is 32.2. The lowest BCUT2D eigenvalue weighted by Gasteiger charge is -2.24. The van der Waals surface area contributed by atoms with E-state index < -0.39 is 21.8 Å². The first-order chi connectivity index (χ1) is 17.3. The first-order valence-corrected chi connectivity index (χ1v) is 14.5. The second-order valence-electron chi connectivity index (χ2n) is 11.0. The van der Waals surface area contributed by atoms with E-state index in [1.165, 1.54) is 12.0 Å². The van der Waals surface area contributed by atoms with Crippen molar-refractivity contribution in [2.75, 3.05) is 13.0 Å². The highest BCUT2D eigenvalue weighted by molar-refractivity contribution is 7.90. The van der Waals surface area contributed by atoms with Crippen molar-refractivity contribution in [3.8, 4) is 11.1 Å². The Morgan fingerprint density at radius 2 is 1.68 bits per heavy atom. The average Bonchev–Trinajstić information content (AvgIpc) is 3.43. The number of nitrogens with one attached hydrogen (secondary N) is 1. The molecule has 1 saturated carbocycles. The molecule has 1 aliphatic heterocycles. The Kier molecular flexibility index (Phi) is 7.57. The zero-order valence-corrected chi connectivity index (χ0v) is 22.7. The van der Waals surface area contributed by atoms with E-state index in [0.717, 1.165) is 36.0 Å². The topological polar surface area (TPSA) is 119 Å². The Labute approximate surface area is 218 Å². The number of ether oxygens (including phenoxy) is 1. The van der Waals surface area contributed by atoms with Crippen molar-refractivity contribution < 1.29 is 27.3 Å². The average molecular weight is 527 g/mol. The fourth-order valence-corrected chi connectivity index (χ4v) is 5.70. The van der Waals surface area contributed by atoms with Gasteiger partial charge in [-0.25, -0.2) is 8.42 Å². The summed E-state index contributed by atoms with van der Waals surface area (Å²) in [6, 6.07) is 13.1. The molecule has 1 unspecified atom stereocenters. The predicted octanol–water partition coefficient (Wildman–Crippen LogP) is 2.68. The first kappa shape index (κ1) is 27.0. The van der Waals surface area contributed by atoms with E-state index in [0.29, 0.717) is 6.73 Å². The van der Waals surface area contributed by atoms with Crippen LogP contribution in [0.3, 0.4) is 0 Å². The molecular formula is C28H36N3O5S+. The van der Waals surface area contributed by atoms with Crippen molar-refractivity contribution in [3.05, 3.63) is 54.1 Å². The minimum absolute atomic E-state index is 0.191. The van der Waals surface area contributed by atoms with E-state index >= 15 is 0 Å². The zero-order valence-electron chi connectivity index (χ0n) is 21.9. The van der Waals surface area contributed by atoms with Crippen LogP contribution in [0.5, 0.6) is 0 Å². The Bertz CT molecular complexity index is 1310. The maximum absolute atomic E-state index is 13.3. The van der Waals surface area contributed by atoms with Crippen molar-refractivity contribution in [3.63, 3.8) is 0 Å². The number of carbonyl (C=O) groups is 2. The number of carbonyl (C=O) groups excluding carboxylic acids is 2. The second-order valence-corrected chi connectivity index (χ2v) is 13.0. The molecule has 0 spiro atoms. The smallest absolute Gasteiger partial charge is 0.289 e. The van der Waals surface area contributed by atoms with E-state index in [1.807, 2.05) is 45.0 Å². The summed E-state index contributed by atoms with van der Waals surface area (Å²) in [4.78, 5) is 25.9. The van der Waals surface area contributed by atoms with Gasteiger partial charge in [-0.1, -0.05) is 36.4 Å². The molecule has 37 heavy (non-hydrogen) atoms. The molecule has 1 heterocycles. The van der Waals surface area contributed by atoms with Gasteiger partial charge in [-0.15, -0.1) is 0 Å². The van der Waals surface area contributed by atoms with E-state index in [2.05, 4.69) is 9.89 Å². The molecule has 2 bridgehead atoms. The number of nitrogens with zero attached hydrogens (tertiary/aromatic N) is 1. The lowest BCUT2D eigenvalue weighted by molar-refractivity contribution is -0.597. The van der Waals surface area contributed by atoms with Gasteiger partial charge in [0.2, 0.25) is 18.7 Å². The van der Waals surface area contributed by atoms with Gasteiger partial charge in [-0.05, 0) is 56.0 Å². The molecule has 2 aliphatic rings. The molecular weight excluding hydrogens is 490 g/mol. The molecule has 9 heteroatoms. The predicted molar refractivity (Wildman–Crippen MR) is 142 cm³/mol. The van der Waals surface area contributed by atoms with Gasteiger partial charge >= 0.3 is 0 Å². The van der Waals surface area contributed by atoms with Crippen LogP contribution in [0.25, 0.3) is 11.1 Å². The molecule has 2 aromatic carbocycles. The van der Waals surface area contributed by atoms with Crippen LogP contribution in [0.2, 0.25) is 0 Å². The summed E-state index contributed by atoms with van der Waals surface area (Å²) in [6.45, 7) is 6.31. The monoisotopic (exact) mass is 526 g/mol. The van der Waals surface area contributed by atoms with Crippen LogP contribution in [0.4, 0.5) is 0 Å². The fraction of sp³-hybridized carbons (Fsp3) is 0.464. The minimum Gasteiger partial charge on any atom is -0.368 e. The van der Waals surface area contributed by atoms with Gasteiger partial charge in [-0.2, -0.15) is 4.58 Å². The van der Waals surface area contributed by atoms with E-state index in [-0.39, 0.29) is 34.8 Å². The molecule has 1 aliphatic carbocycles. The standard InChI is InChI=1S/C28H35N3O5S/c1-28(2,3)36-17-31-22-12-9-21(16-22)25(31)27(33)30-24(26(29)32)15-18-5-7-19(8-6-18)20-10-13-23(14-11-20)37(4,34)35/h5-8,10-11,13-14,21,24-25H,9,12,15-17H2,1-4H3,(H2-,29,30,32,33)/p+1/t21-,24?,25-/m0/s1. The molecule has 0 saturated heterocycles. The first-order valence-electron chi connectivity index (χ1n) is 12.6. The molecule has 3 N–H and O–H groups in total. The number of hydrogen-bond donors (Lipinski definition) is 2. The van der Waals surface area contributed by atoms with Crippen LogP contribution in [-0.4, -0.2) is 61.2 Å².